The van der Waals surface area contributed by atoms with Crippen molar-refractivity contribution in [3.05, 3.63) is 17.0 Å². The summed E-state index contributed by atoms with van der Waals surface area (Å²) in [6.45, 7) is 7.29. The van der Waals surface area contributed by atoms with Crippen LogP contribution in [0.5, 0.6) is 0 Å². The van der Waals surface area contributed by atoms with Crippen LogP contribution in [0.25, 0.3) is 0 Å². The molecule has 0 spiro atoms. The van der Waals surface area contributed by atoms with Crippen LogP contribution in [-0.4, -0.2) is 12.1 Å². The van der Waals surface area contributed by atoms with Gasteiger partial charge in [-0.1, -0.05) is 0 Å². The van der Waals surface area contributed by atoms with E-state index >= 15 is 0 Å². The number of hydrogen-bond donors (Lipinski definition) is 2. The molecule has 0 aromatic carbocycles. The Bertz CT molecular complexity index is 273. The molecule has 0 fully saturated rings. The van der Waals surface area contributed by atoms with Crippen LogP contribution in [0, 0.1) is 6.92 Å². The second-order valence-corrected chi connectivity index (χ2v) is 5.37. The lowest BCUT2D eigenvalue weighted by atomic mass is 10.0. The van der Waals surface area contributed by atoms with E-state index in [1.807, 2.05) is 0 Å². The van der Waals surface area contributed by atoms with Crippen LogP contribution in [0.2, 0.25) is 0 Å². The Hall–Kier alpha value is -0.540. The highest BCUT2D eigenvalue weighted by Crippen LogP contribution is 2.21. The van der Waals surface area contributed by atoms with Crippen LogP contribution in [-0.2, 0) is 0 Å². The van der Waals surface area contributed by atoms with Gasteiger partial charge in [-0.2, -0.15) is 0 Å². The molecule has 0 amide bonds. The monoisotopic (exact) mass is 212 g/mol. The molecule has 1 rings (SSSR count). The fourth-order valence-electron chi connectivity index (χ4n) is 1.30. The van der Waals surface area contributed by atoms with Gasteiger partial charge >= 0.3 is 0 Å². The number of nitrogens with two attached hydrogens (primary N) is 1. The van der Waals surface area contributed by atoms with Crippen LogP contribution in [0.3, 0.4) is 0 Å². The van der Waals surface area contributed by atoms with Crippen molar-refractivity contribution in [1.82, 2.24) is 0 Å². The zero-order valence-corrected chi connectivity index (χ0v) is 10.1. The summed E-state index contributed by atoms with van der Waals surface area (Å²) in [6.07, 6.45) is 2.19. The summed E-state index contributed by atoms with van der Waals surface area (Å²) in [5.74, 6) is 0. The first kappa shape index (κ1) is 11.5. The van der Waals surface area contributed by atoms with Gasteiger partial charge in [-0.3, -0.25) is 0 Å². The number of hydrogen-bond acceptors (Lipinski definition) is 3. The topological polar surface area (TPSA) is 38.0 Å². The summed E-state index contributed by atoms with van der Waals surface area (Å²) in [4.78, 5) is 0. The first-order valence-electron chi connectivity index (χ1n) is 5.06. The van der Waals surface area contributed by atoms with Crippen molar-refractivity contribution in [2.24, 2.45) is 5.73 Å². The normalized spacial score (nSPS) is 11.7. The fraction of sp³-hybridized carbons (Fsp3) is 0.636. The van der Waals surface area contributed by atoms with Gasteiger partial charge in [0.05, 0.1) is 5.00 Å². The number of aryl methyl sites for hydroxylation is 1. The molecular formula is C11H20N2S. The van der Waals surface area contributed by atoms with Gasteiger partial charge in [0, 0.05) is 12.1 Å². The van der Waals surface area contributed by atoms with Crippen molar-refractivity contribution in [3.8, 4) is 0 Å². The molecule has 1 aromatic rings. The number of nitrogens with one attached hydrogen (secondary N) is 1. The van der Waals surface area contributed by atoms with E-state index < -0.39 is 0 Å². The smallest absolute Gasteiger partial charge is 0.0912 e. The summed E-state index contributed by atoms with van der Waals surface area (Å²) < 4.78 is 0. The van der Waals surface area contributed by atoms with E-state index in [2.05, 4.69) is 37.5 Å². The maximum absolute atomic E-state index is 5.90. The Morgan fingerprint density at radius 1 is 1.50 bits per heavy atom. The van der Waals surface area contributed by atoms with Crippen LogP contribution in [0.4, 0.5) is 5.00 Å². The number of thiophene rings is 1. The van der Waals surface area contributed by atoms with Gasteiger partial charge in [-0.15, -0.1) is 11.3 Å². The Kier molecular flexibility index (Phi) is 3.96. The molecule has 0 aliphatic rings. The van der Waals surface area contributed by atoms with Crippen molar-refractivity contribution in [3.63, 3.8) is 0 Å². The van der Waals surface area contributed by atoms with Crippen LogP contribution >= 0.6 is 11.3 Å². The minimum Gasteiger partial charge on any atom is -0.377 e. The molecule has 0 bridgehead atoms. The largest absolute Gasteiger partial charge is 0.377 e. The Balaban J connectivity index is 2.20. The average molecular weight is 212 g/mol. The quantitative estimate of drug-likeness (QED) is 0.736. The first-order valence-corrected chi connectivity index (χ1v) is 5.94. The molecule has 2 nitrogen and oxygen atoms in total. The van der Waals surface area contributed by atoms with Gasteiger partial charge in [0.1, 0.15) is 0 Å². The lowest BCUT2D eigenvalue weighted by molar-refractivity contribution is 0.466. The first-order chi connectivity index (χ1) is 6.49. The van der Waals surface area contributed by atoms with E-state index in [0.717, 1.165) is 19.4 Å². The highest BCUT2D eigenvalue weighted by atomic mass is 32.1. The third-order valence-corrected chi connectivity index (χ3v) is 3.12. The van der Waals surface area contributed by atoms with Gasteiger partial charge in [0.15, 0.2) is 0 Å². The summed E-state index contributed by atoms with van der Waals surface area (Å²) >= 11 is 1.77. The van der Waals surface area contributed by atoms with Gasteiger partial charge in [-0.05, 0) is 50.6 Å². The van der Waals surface area contributed by atoms with Gasteiger partial charge in [0.2, 0.25) is 0 Å². The molecule has 0 radical (unpaired) electrons. The maximum Gasteiger partial charge on any atom is 0.0912 e. The minimum absolute atomic E-state index is 0.0355. The second-order valence-electron chi connectivity index (χ2n) is 4.45. The Labute approximate surface area is 90.5 Å². The highest BCUT2D eigenvalue weighted by Gasteiger charge is 2.09. The van der Waals surface area contributed by atoms with Crippen molar-refractivity contribution >= 4 is 16.3 Å². The van der Waals surface area contributed by atoms with E-state index in [-0.39, 0.29) is 5.54 Å². The molecule has 80 valence electrons. The summed E-state index contributed by atoms with van der Waals surface area (Å²) in [6, 6.07) is 2.14. The predicted molar refractivity (Wildman–Crippen MR) is 65.0 cm³/mol. The van der Waals surface area contributed by atoms with Crippen LogP contribution < -0.4 is 11.1 Å². The molecule has 0 saturated heterocycles. The molecule has 0 aliphatic carbocycles. The maximum atomic E-state index is 5.90. The third-order valence-electron chi connectivity index (χ3n) is 2.15. The molecule has 3 heteroatoms. The Morgan fingerprint density at radius 3 is 2.71 bits per heavy atom. The molecule has 1 aromatic heterocycles. The molecule has 3 N–H and O–H groups in total. The van der Waals surface area contributed by atoms with Crippen molar-refractivity contribution in [1.29, 1.82) is 0 Å². The molecule has 0 atom stereocenters. The second kappa shape index (κ2) is 4.80. The van der Waals surface area contributed by atoms with Gasteiger partial charge in [-0.25, -0.2) is 0 Å². The predicted octanol–water partition coefficient (Wildman–Crippen LogP) is 2.99. The summed E-state index contributed by atoms with van der Waals surface area (Å²) in [5.41, 5.74) is 7.20. The van der Waals surface area contributed by atoms with Crippen LogP contribution in [0.15, 0.2) is 11.4 Å². The summed E-state index contributed by atoms with van der Waals surface area (Å²) in [5, 5.41) is 6.84. The van der Waals surface area contributed by atoms with E-state index in [4.69, 9.17) is 5.73 Å². The third kappa shape index (κ3) is 4.11. The number of rotatable bonds is 5. The van der Waals surface area contributed by atoms with Crippen molar-refractivity contribution < 1.29 is 0 Å². The minimum atomic E-state index is -0.0355. The molecule has 1 heterocycles. The molecule has 14 heavy (non-hydrogen) atoms. The molecule has 0 aliphatic heterocycles. The lowest BCUT2D eigenvalue weighted by Crippen LogP contribution is -2.32. The summed E-state index contributed by atoms with van der Waals surface area (Å²) in [7, 11) is 0. The van der Waals surface area contributed by atoms with Crippen LogP contribution in [0.1, 0.15) is 32.3 Å². The highest BCUT2D eigenvalue weighted by molar-refractivity contribution is 7.14. The van der Waals surface area contributed by atoms with Crippen molar-refractivity contribution in [2.75, 3.05) is 11.9 Å². The van der Waals surface area contributed by atoms with E-state index in [9.17, 15) is 0 Å². The van der Waals surface area contributed by atoms with E-state index in [1.165, 1.54) is 10.6 Å². The SMILES string of the molecule is Cc1ccsc1NCCCC(C)(C)N. The molecular weight excluding hydrogens is 192 g/mol. The molecule has 0 unspecified atom stereocenters. The zero-order valence-electron chi connectivity index (χ0n) is 9.26. The van der Waals surface area contributed by atoms with E-state index in [0.29, 0.717) is 0 Å². The average Bonchev–Trinajstić information content (AvgIpc) is 2.44. The Morgan fingerprint density at radius 2 is 2.21 bits per heavy atom. The lowest BCUT2D eigenvalue weighted by Gasteiger charge is -2.18. The fourth-order valence-corrected chi connectivity index (χ4v) is 2.15. The van der Waals surface area contributed by atoms with Gasteiger partial charge < -0.3 is 11.1 Å². The van der Waals surface area contributed by atoms with Gasteiger partial charge in [0.25, 0.3) is 0 Å². The van der Waals surface area contributed by atoms with E-state index in [1.54, 1.807) is 11.3 Å². The van der Waals surface area contributed by atoms with Crippen molar-refractivity contribution in [2.45, 2.75) is 39.2 Å². The zero-order chi connectivity index (χ0) is 10.6. The number of anilines is 1. The molecule has 0 saturated carbocycles. The standard InChI is InChI=1S/C11H20N2S/c1-9-5-8-14-10(9)13-7-4-6-11(2,3)12/h5,8,13H,4,6-7,12H2,1-3H3.